The number of aryl methyl sites for hydroxylation is 2. The molecule has 41 heavy (non-hydrogen) atoms. The number of sulfonamides is 1. The van der Waals surface area contributed by atoms with Crippen LogP contribution in [0.4, 0.5) is 5.69 Å². The van der Waals surface area contributed by atoms with Gasteiger partial charge in [-0.2, -0.15) is 0 Å². The molecular formula is C31H37Cl2N3O4S. The quantitative estimate of drug-likeness (QED) is 0.255. The molecule has 0 fully saturated rings. The van der Waals surface area contributed by atoms with Crippen molar-refractivity contribution in [3.05, 3.63) is 93.5 Å². The fourth-order valence-electron chi connectivity index (χ4n) is 4.25. The van der Waals surface area contributed by atoms with Crippen LogP contribution in [0.3, 0.4) is 0 Å². The lowest BCUT2D eigenvalue weighted by Gasteiger charge is -2.33. The van der Waals surface area contributed by atoms with Crippen molar-refractivity contribution in [2.75, 3.05) is 17.4 Å². The van der Waals surface area contributed by atoms with Crippen molar-refractivity contribution in [1.82, 2.24) is 10.2 Å². The van der Waals surface area contributed by atoms with Gasteiger partial charge in [-0.3, -0.25) is 13.9 Å². The first-order valence-electron chi connectivity index (χ1n) is 13.5. The summed E-state index contributed by atoms with van der Waals surface area (Å²) in [7, 11) is -4.13. The minimum Gasteiger partial charge on any atom is -0.354 e. The van der Waals surface area contributed by atoms with Crippen LogP contribution in [0.1, 0.15) is 43.9 Å². The predicted molar refractivity (Wildman–Crippen MR) is 166 cm³/mol. The predicted octanol–water partition coefficient (Wildman–Crippen LogP) is 6.39. The summed E-state index contributed by atoms with van der Waals surface area (Å²) in [5.74, 6) is -0.648. The molecule has 0 aliphatic rings. The molecule has 3 rings (SSSR count). The number of carbonyl (C=O) groups is 2. The molecule has 220 valence electrons. The van der Waals surface area contributed by atoms with Crippen LogP contribution >= 0.6 is 23.2 Å². The normalized spacial score (nSPS) is 12.2. The first-order valence-corrected chi connectivity index (χ1v) is 15.7. The number of hydrogen-bond donors (Lipinski definition) is 1. The molecule has 2 amide bonds. The molecule has 0 aliphatic heterocycles. The van der Waals surface area contributed by atoms with Crippen molar-refractivity contribution < 1.29 is 18.0 Å². The van der Waals surface area contributed by atoms with Gasteiger partial charge in [0, 0.05) is 23.1 Å². The molecule has 0 heterocycles. The van der Waals surface area contributed by atoms with Gasteiger partial charge in [0.25, 0.3) is 10.0 Å². The molecule has 0 aromatic heterocycles. The van der Waals surface area contributed by atoms with Gasteiger partial charge >= 0.3 is 0 Å². The highest BCUT2D eigenvalue weighted by Crippen LogP contribution is 2.27. The number of carbonyl (C=O) groups excluding carboxylic acids is 2. The molecule has 1 atom stereocenters. The Morgan fingerprint density at radius 1 is 0.902 bits per heavy atom. The Kier molecular flexibility index (Phi) is 11.2. The van der Waals surface area contributed by atoms with Crippen molar-refractivity contribution in [2.24, 2.45) is 5.92 Å². The second-order valence-corrected chi connectivity index (χ2v) is 13.2. The zero-order valence-electron chi connectivity index (χ0n) is 24.0. The van der Waals surface area contributed by atoms with E-state index in [0.717, 1.165) is 15.4 Å². The number of nitrogens with zero attached hydrogens (tertiary/aromatic N) is 2. The van der Waals surface area contributed by atoms with Gasteiger partial charge in [-0.15, -0.1) is 0 Å². The van der Waals surface area contributed by atoms with Gasteiger partial charge in [0.05, 0.1) is 10.6 Å². The number of benzene rings is 3. The standard InChI is InChI=1S/C31H37Cl2N3O4S/c1-6-29(31(38)34-18-21(2)3)35(19-24-11-12-25(32)17-28(24)33)30(37)20-36(26-13-7-22(4)8-14-26)41(39,40)27-15-9-23(5)10-16-27/h7-17,21,29H,6,18-20H2,1-5H3,(H,34,38). The van der Waals surface area contributed by atoms with Gasteiger partial charge in [0.1, 0.15) is 12.6 Å². The lowest BCUT2D eigenvalue weighted by atomic mass is 10.1. The maximum Gasteiger partial charge on any atom is 0.264 e. The number of hydrogen-bond acceptors (Lipinski definition) is 4. The van der Waals surface area contributed by atoms with Gasteiger partial charge in [-0.05, 0) is 68.1 Å². The maximum absolute atomic E-state index is 14.1. The summed E-state index contributed by atoms with van der Waals surface area (Å²) in [5.41, 5.74) is 2.78. The van der Waals surface area contributed by atoms with E-state index in [4.69, 9.17) is 23.2 Å². The summed E-state index contributed by atoms with van der Waals surface area (Å²) >= 11 is 12.6. The second-order valence-electron chi connectivity index (χ2n) is 10.5. The minimum atomic E-state index is -4.13. The van der Waals surface area contributed by atoms with Gasteiger partial charge in [0.2, 0.25) is 11.8 Å². The molecular weight excluding hydrogens is 581 g/mol. The lowest BCUT2D eigenvalue weighted by molar-refractivity contribution is -0.140. The Morgan fingerprint density at radius 2 is 1.49 bits per heavy atom. The smallest absolute Gasteiger partial charge is 0.264 e. The highest BCUT2D eigenvalue weighted by molar-refractivity contribution is 7.92. The molecule has 0 saturated carbocycles. The van der Waals surface area contributed by atoms with Crippen molar-refractivity contribution in [2.45, 2.75) is 58.5 Å². The fourth-order valence-corrected chi connectivity index (χ4v) is 6.14. The van der Waals surface area contributed by atoms with E-state index < -0.39 is 28.5 Å². The molecule has 0 aliphatic carbocycles. The maximum atomic E-state index is 14.1. The molecule has 1 unspecified atom stereocenters. The summed E-state index contributed by atoms with van der Waals surface area (Å²) in [4.78, 5) is 28.9. The van der Waals surface area contributed by atoms with Crippen LogP contribution in [-0.2, 0) is 26.2 Å². The average molecular weight is 619 g/mol. The molecule has 0 spiro atoms. The van der Waals surface area contributed by atoms with Crippen LogP contribution in [0.2, 0.25) is 10.0 Å². The highest BCUT2D eigenvalue weighted by atomic mass is 35.5. The van der Waals surface area contributed by atoms with E-state index in [9.17, 15) is 18.0 Å². The third-order valence-corrected chi connectivity index (χ3v) is 9.01. The molecule has 0 radical (unpaired) electrons. The Balaban J connectivity index is 2.06. The Labute approximate surface area is 253 Å². The molecule has 3 aromatic carbocycles. The van der Waals surface area contributed by atoms with E-state index in [1.54, 1.807) is 54.6 Å². The number of anilines is 1. The molecule has 3 aromatic rings. The number of halogens is 2. The van der Waals surface area contributed by atoms with Crippen LogP contribution in [0.5, 0.6) is 0 Å². The van der Waals surface area contributed by atoms with Crippen molar-refractivity contribution >= 4 is 50.7 Å². The molecule has 1 N–H and O–H groups in total. The summed E-state index contributed by atoms with van der Waals surface area (Å²) in [6.45, 7) is 9.45. The molecule has 0 saturated heterocycles. The first-order chi connectivity index (χ1) is 19.3. The highest BCUT2D eigenvalue weighted by Gasteiger charge is 2.34. The summed E-state index contributed by atoms with van der Waals surface area (Å²) in [6.07, 6.45) is 0.316. The van der Waals surface area contributed by atoms with E-state index in [1.807, 2.05) is 34.6 Å². The van der Waals surface area contributed by atoms with E-state index in [0.29, 0.717) is 34.3 Å². The third kappa shape index (κ3) is 8.47. The summed E-state index contributed by atoms with van der Waals surface area (Å²) in [6, 6.07) is 17.5. The Hall–Kier alpha value is -3.07. The Bertz CT molecular complexity index is 1460. The third-order valence-electron chi connectivity index (χ3n) is 6.64. The Morgan fingerprint density at radius 3 is 2.02 bits per heavy atom. The van der Waals surface area contributed by atoms with E-state index in [1.165, 1.54) is 17.0 Å². The largest absolute Gasteiger partial charge is 0.354 e. The van der Waals surface area contributed by atoms with Crippen LogP contribution < -0.4 is 9.62 Å². The lowest BCUT2D eigenvalue weighted by Crippen LogP contribution is -2.52. The monoisotopic (exact) mass is 617 g/mol. The minimum absolute atomic E-state index is 0.00520. The number of amides is 2. The van der Waals surface area contributed by atoms with Gasteiger partial charge in [-0.25, -0.2) is 8.42 Å². The van der Waals surface area contributed by atoms with Gasteiger partial charge in [0.15, 0.2) is 0 Å². The van der Waals surface area contributed by atoms with Crippen LogP contribution in [0, 0.1) is 19.8 Å². The zero-order valence-corrected chi connectivity index (χ0v) is 26.4. The second kappa shape index (κ2) is 14.2. The molecule has 10 heteroatoms. The van der Waals surface area contributed by atoms with Crippen LogP contribution in [0.15, 0.2) is 71.6 Å². The fraction of sp³-hybridized carbons (Fsp3) is 0.355. The van der Waals surface area contributed by atoms with E-state index >= 15 is 0 Å². The van der Waals surface area contributed by atoms with Crippen LogP contribution in [-0.4, -0.2) is 44.3 Å². The zero-order chi connectivity index (χ0) is 30.3. The first kappa shape index (κ1) is 32.4. The van der Waals surface area contributed by atoms with Crippen molar-refractivity contribution in [3.8, 4) is 0 Å². The van der Waals surface area contributed by atoms with Crippen molar-refractivity contribution in [3.63, 3.8) is 0 Å². The SMILES string of the molecule is CCC(C(=O)NCC(C)C)N(Cc1ccc(Cl)cc1Cl)C(=O)CN(c1ccc(C)cc1)S(=O)(=O)c1ccc(C)cc1. The summed E-state index contributed by atoms with van der Waals surface area (Å²) in [5, 5.41) is 3.69. The van der Waals surface area contributed by atoms with Gasteiger partial charge in [-0.1, -0.05) is 85.4 Å². The van der Waals surface area contributed by atoms with Crippen LogP contribution in [0.25, 0.3) is 0 Å². The summed E-state index contributed by atoms with van der Waals surface area (Å²) < 4.78 is 28.9. The number of nitrogens with one attached hydrogen (secondary N) is 1. The van der Waals surface area contributed by atoms with Gasteiger partial charge < -0.3 is 10.2 Å². The van der Waals surface area contributed by atoms with E-state index in [-0.39, 0.29) is 23.3 Å². The molecule has 0 bridgehead atoms. The van der Waals surface area contributed by atoms with Crippen molar-refractivity contribution in [1.29, 1.82) is 0 Å². The number of rotatable bonds is 12. The molecule has 7 nitrogen and oxygen atoms in total. The average Bonchev–Trinajstić information content (AvgIpc) is 2.92. The topological polar surface area (TPSA) is 86.8 Å². The van der Waals surface area contributed by atoms with E-state index in [2.05, 4.69) is 5.32 Å².